The average molecular weight is 324 g/mol. The maximum atomic E-state index is 12.5. The summed E-state index contributed by atoms with van der Waals surface area (Å²) in [6.45, 7) is 0.690. The van der Waals surface area contributed by atoms with Crippen LogP contribution in [0.5, 0.6) is 0 Å². The molecule has 0 saturated carbocycles. The molecular weight excluding hydrogens is 313 g/mol. The van der Waals surface area contributed by atoms with Crippen LogP contribution >= 0.6 is 11.3 Å². The number of benzene rings is 1. The van der Waals surface area contributed by atoms with Crippen molar-refractivity contribution in [2.75, 3.05) is 5.32 Å². The van der Waals surface area contributed by atoms with Crippen LogP contribution in [-0.4, -0.2) is 14.5 Å². The first-order valence-electron chi connectivity index (χ1n) is 6.35. The molecule has 3 rings (SSSR count). The highest BCUT2D eigenvalue weighted by molar-refractivity contribution is 7.13. The molecule has 22 heavy (non-hydrogen) atoms. The molecule has 0 aliphatic heterocycles. The summed E-state index contributed by atoms with van der Waals surface area (Å²) in [6.07, 6.45) is 0.877. The smallest absolute Gasteiger partial charge is 0.333 e. The monoisotopic (exact) mass is 324 g/mol. The molecule has 0 aliphatic rings. The first-order chi connectivity index (χ1) is 10.5. The molecule has 4 nitrogen and oxygen atoms in total. The van der Waals surface area contributed by atoms with Gasteiger partial charge in [0.05, 0.1) is 6.33 Å². The minimum absolute atomic E-state index is 0.217. The van der Waals surface area contributed by atoms with E-state index in [4.69, 9.17) is 0 Å². The maximum absolute atomic E-state index is 12.5. The van der Waals surface area contributed by atoms with Gasteiger partial charge in [0.25, 0.3) is 0 Å². The lowest BCUT2D eigenvalue weighted by molar-refractivity contribution is -0.140. The molecule has 0 atom stereocenters. The lowest BCUT2D eigenvalue weighted by Gasteiger charge is -2.06. The minimum atomic E-state index is -4.41. The van der Waals surface area contributed by atoms with Gasteiger partial charge in [0.15, 0.2) is 10.8 Å². The molecule has 1 aromatic carbocycles. The van der Waals surface area contributed by atoms with Gasteiger partial charge in [-0.05, 0) is 17.7 Å². The number of halogens is 3. The van der Waals surface area contributed by atoms with Crippen molar-refractivity contribution < 1.29 is 13.2 Å². The highest BCUT2D eigenvalue weighted by atomic mass is 32.1. The Morgan fingerprint density at radius 1 is 1.18 bits per heavy atom. The largest absolute Gasteiger partial charge is 0.434 e. The Bertz CT molecular complexity index is 732. The Hall–Kier alpha value is -2.35. The normalized spacial score (nSPS) is 11.6. The summed E-state index contributed by atoms with van der Waals surface area (Å²) < 4.78 is 39.4. The minimum Gasteiger partial charge on any atom is -0.333 e. The summed E-state index contributed by atoms with van der Waals surface area (Å²) >= 11 is 0.925. The average Bonchev–Trinajstić information content (AvgIpc) is 3.12. The third-order valence-corrected chi connectivity index (χ3v) is 3.68. The van der Waals surface area contributed by atoms with Gasteiger partial charge < -0.3 is 9.88 Å². The van der Waals surface area contributed by atoms with Gasteiger partial charge in [0.1, 0.15) is 0 Å². The Balaban J connectivity index is 1.67. The number of nitrogens with zero attached hydrogens (tertiary/aromatic N) is 3. The number of thiazole rings is 1. The zero-order valence-electron chi connectivity index (χ0n) is 11.2. The van der Waals surface area contributed by atoms with Gasteiger partial charge >= 0.3 is 6.18 Å². The molecule has 0 aliphatic carbocycles. The van der Waals surface area contributed by atoms with Gasteiger partial charge in [-0.15, -0.1) is 11.3 Å². The highest BCUT2D eigenvalue weighted by Gasteiger charge is 2.33. The van der Waals surface area contributed by atoms with Gasteiger partial charge in [0.2, 0.25) is 0 Å². The van der Waals surface area contributed by atoms with E-state index >= 15 is 0 Å². The van der Waals surface area contributed by atoms with Crippen molar-refractivity contribution in [2.24, 2.45) is 0 Å². The zero-order valence-corrected chi connectivity index (χ0v) is 12.0. The fourth-order valence-electron chi connectivity index (χ4n) is 1.87. The first-order valence-corrected chi connectivity index (χ1v) is 7.23. The Morgan fingerprint density at radius 2 is 1.95 bits per heavy atom. The number of alkyl halides is 3. The van der Waals surface area contributed by atoms with E-state index in [2.05, 4.69) is 15.3 Å². The summed E-state index contributed by atoms with van der Waals surface area (Å²) in [7, 11) is 0. The summed E-state index contributed by atoms with van der Waals surface area (Å²) in [5.41, 5.74) is 0.882. The van der Waals surface area contributed by atoms with Gasteiger partial charge in [-0.1, -0.05) is 12.1 Å². The van der Waals surface area contributed by atoms with Crippen LogP contribution in [0, 0.1) is 0 Å². The number of aromatic nitrogens is 3. The number of hydrogen-bond donors (Lipinski definition) is 1. The maximum Gasteiger partial charge on any atom is 0.434 e. The lowest BCUT2D eigenvalue weighted by Crippen LogP contribution is -2.05. The quantitative estimate of drug-likeness (QED) is 0.784. The van der Waals surface area contributed by atoms with Gasteiger partial charge in [-0.3, -0.25) is 0 Å². The molecule has 0 fully saturated rings. The van der Waals surface area contributed by atoms with Crippen molar-refractivity contribution in [3.63, 3.8) is 0 Å². The predicted octanol–water partition coefficient (Wildman–Crippen LogP) is 4.15. The third-order valence-electron chi connectivity index (χ3n) is 2.92. The molecule has 0 bridgehead atoms. The van der Waals surface area contributed by atoms with Crippen molar-refractivity contribution in [2.45, 2.75) is 12.7 Å². The van der Waals surface area contributed by atoms with Crippen LogP contribution in [0.3, 0.4) is 0 Å². The Kier molecular flexibility index (Phi) is 3.84. The third kappa shape index (κ3) is 3.45. The van der Waals surface area contributed by atoms with Crippen molar-refractivity contribution in [3.8, 4) is 0 Å². The van der Waals surface area contributed by atoms with Crippen LogP contribution in [0.1, 0.15) is 11.3 Å². The molecule has 0 amide bonds. The number of rotatable bonds is 4. The van der Waals surface area contributed by atoms with Crippen LogP contribution < -0.4 is 5.32 Å². The molecule has 0 saturated heterocycles. The Labute approximate surface area is 128 Å². The molecule has 114 valence electrons. The molecule has 0 spiro atoms. The van der Waals surface area contributed by atoms with Gasteiger partial charge in [-0.2, -0.15) is 13.2 Å². The highest BCUT2D eigenvalue weighted by Crippen LogP contribution is 2.32. The molecule has 3 aromatic rings. The molecular formula is C14H11F3N4S. The van der Waals surface area contributed by atoms with Crippen LogP contribution in [0.4, 0.5) is 24.0 Å². The van der Waals surface area contributed by atoms with Crippen molar-refractivity contribution >= 4 is 22.2 Å². The van der Waals surface area contributed by atoms with Gasteiger partial charge in [0, 0.05) is 30.0 Å². The van der Waals surface area contributed by atoms with E-state index < -0.39 is 11.9 Å². The van der Waals surface area contributed by atoms with E-state index in [1.807, 2.05) is 22.9 Å². The van der Waals surface area contributed by atoms with E-state index in [0.717, 1.165) is 22.3 Å². The van der Waals surface area contributed by atoms with E-state index in [1.165, 1.54) is 0 Å². The van der Waals surface area contributed by atoms with Gasteiger partial charge in [-0.25, -0.2) is 9.97 Å². The summed E-state index contributed by atoms with van der Waals surface area (Å²) in [5, 5.41) is 4.08. The molecule has 1 N–H and O–H groups in total. The van der Waals surface area contributed by atoms with E-state index in [1.54, 1.807) is 24.7 Å². The predicted molar refractivity (Wildman–Crippen MR) is 78.2 cm³/mol. The molecule has 0 unspecified atom stereocenters. The topological polar surface area (TPSA) is 42.7 Å². The van der Waals surface area contributed by atoms with Crippen molar-refractivity contribution in [1.82, 2.24) is 14.5 Å². The second-order valence-corrected chi connectivity index (χ2v) is 5.45. The fourth-order valence-corrected chi connectivity index (χ4v) is 2.61. The second-order valence-electron chi connectivity index (χ2n) is 4.59. The first kappa shape index (κ1) is 14.6. The van der Waals surface area contributed by atoms with E-state index in [9.17, 15) is 13.2 Å². The van der Waals surface area contributed by atoms with Crippen LogP contribution in [-0.2, 0) is 12.7 Å². The van der Waals surface area contributed by atoms with Crippen LogP contribution in [0.2, 0.25) is 0 Å². The summed E-state index contributed by atoms with van der Waals surface area (Å²) in [4.78, 5) is 7.50. The molecule has 8 heteroatoms. The summed E-state index contributed by atoms with van der Waals surface area (Å²) in [5.74, 6) is 0. The summed E-state index contributed by atoms with van der Waals surface area (Å²) in [6, 6.07) is 7.42. The molecule has 0 radical (unpaired) electrons. The van der Waals surface area contributed by atoms with E-state index in [-0.39, 0.29) is 5.13 Å². The van der Waals surface area contributed by atoms with Crippen LogP contribution in [0.25, 0.3) is 0 Å². The number of imidazole rings is 1. The van der Waals surface area contributed by atoms with Crippen LogP contribution in [0.15, 0.2) is 48.4 Å². The molecule has 2 aromatic heterocycles. The van der Waals surface area contributed by atoms with E-state index in [0.29, 0.717) is 12.2 Å². The zero-order chi connectivity index (χ0) is 15.6. The number of anilines is 2. The fraction of sp³-hybridized carbons (Fsp3) is 0.143. The lowest BCUT2D eigenvalue weighted by atomic mass is 10.2. The molecule has 2 heterocycles. The van der Waals surface area contributed by atoms with Crippen molar-refractivity contribution in [1.29, 1.82) is 0 Å². The number of hydrogen-bond acceptors (Lipinski definition) is 4. The SMILES string of the molecule is FC(F)(F)c1csc(Nc2ccc(Cn3ccnc3)cc2)n1. The number of nitrogens with one attached hydrogen (secondary N) is 1. The standard InChI is InChI=1S/C14H11F3N4S/c15-14(16,17)12-8-22-13(20-12)19-11-3-1-10(2-4-11)7-21-6-5-18-9-21/h1-6,8-9H,7H2,(H,19,20). The second kappa shape index (κ2) is 5.80. The van der Waals surface area contributed by atoms with Crippen molar-refractivity contribution in [3.05, 3.63) is 59.6 Å². The Morgan fingerprint density at radius 3 is 2.55 bits per heavy atom.